The molecule has 0 spiro atoms. The highest BCUT2D eigenvalue weighted by molar-refractivity contribution is 5.15. The van der Waals surface area contributed by atoms with Gasteiger partial charge in [0.05, 0.1) is 5.60 Å². The monoisotopic (exact) mass is 166 g/mol. The van der Waals surface area contributed by atoms with Gasteiger partial charge >= 0.3 is 0 Å². The molecule has 0 aromatic heterocycles. The van der Waals surface area contributed by atoms with Gasteiger partial charge in [-0.3, -0.25) is 0 Å². The molecule has 2 atom stereocenters. The Bertz CT molecular complexity index is 205. The Hall–Kier alpha value is -0.560. The zero-order chi connectivity index (χ0) is 9.19. The lowest BCUT2D eigenvalue weighted by Gasteiger charge is -2.31. The summed E-state index contributed by atoms with van der Waals surface area (Å²) in [7, 11) is 1.77. The Kier molecular flexibility index (Phi) is 2.73. The van der Waals surface area contributed by atoms with Gasteiger partial charge in [-0.25, -0.2) is 0 Å². The van der Waals surface area contributed by atoms with Crippen LogP contribution < -0.4 is 0 Å². The molecule has 1 unspecified atom stereocenters. The maximum absolute atomic E-state index is 5.39. The Morgan fingerprint density at radius 2 is 2.33 bits per heavy atom. The van der Waals surface area contributed by atoms with E-state index in [1.807, 2.05) is 0 Å². The molecule has 1 aliphatic carbocycles. The van der Waals surface area contributed by atoms with Crippen LogP contribution in [-0.2, 0) is 4.74 Å². The lowest BCUT2D eigenvalue weighted by Crippen LogP contribution is -2.28. The normalized spacial score (nSPS) is 35.1. The van der Waals surface area contributed by atoms with Gasteiger partial charge < -0.3 is 4.74 Å². The van der Waals surface area contributed by atoms with Crippen LogP contribution in [0.3, 0.4) is 0 Å². The van der Waals surface area contributed by atoms with Crippen molar-refractivity contribution in [3.05, 3.63) is 24.3 Å². The lowest BCUT2D eigenvalue weighted by molar-refractivity contribution is 0.0331. The maximum atomic E-state index is 5.39. The first kappa shape index (κ1) is 9.53. The molecule has 0 aromatic rings. The van der Waals surface area contributed by atoms with Gasteiger partial charge in [0.15, 0.2) is 0 Å². The fourth-order valence-electron chi connectivity index (χ4n) is 1.52. The second kappa shape index (κ2) is 3.44. The third kappa shape index (κ3) is 1.98. The molecule has 1 rings (SSSR count). The van der Waals surface area contributed by atoms with Crippen LogP contribution >= 0.6 is 0 Å². The molecule has 1 nitrogen and oxygen atoms in total. The van der Waals surface area contributed by atoms with E-state index in [2.05, 4.69) is 32.6 Å². The van der Waals surface area contributed by atoms with E-state index >= 15 is 0 Å². The second-order valence-electron chi connectivity index (χ2n) is 3.87. The summed E-state index contributed by atoms with van der Waals surface area (Å²) in [6.45, 7) is 8.17. The minimum absolute atomic E-state index is 0.0358. The second-order valence-corrected chi connectivity index (χ2v) is 3.87. The number of ether oxygens (including phenoxy) is 1. The van der Waals surface area contributed by atoms with Crippen LogP contribution in [0.25, 0.3) is 0 Å². The van der Waals surface area contributed by atoms with Gasteiger partial charge in [0, 0.05) is 7.11 Å². The Morgan fingerprint density at radius 1 is 1.67 bits per heavy atom. The van der Waals surface area contributed by atoms with Gasteiger partial charge in [0.2, 0.25) is 0 Å². The van der Waals surface area contributed by atoms with Crippen molar-refractivity contribution in [1.29, 1.82) is 0 Å². The van der Waals surface area contributed by atoms with Gasteiger partial charge in [-0.2, -0.15) is 0 Å². The van der Waals surface area contributed by atoms with Crippen LogP contribution in [0.2, 0.25) is 0 Å². The largest absolute Gasteiger partial charge is 0.374 e. The molecule has 0 saturated heterocycles. The molecule has 0 aliphatic heterocycles. The molecule has 68 valence electrons. The first-order chi connectivity index (χ1) is 5.57. The van der Waals surface area contributed by atoms with E-state index in [1.165, 1.54) is 5.57 Å². The number of methoxy groups -OCH3 is 1. The molecule has 0 bridgehead atoms. The highest BCUT2D eigenvalue weighted by Gasteiger charge is 2.25. The quantitative estimate of drug-likeness (QED) is 0.573. The first-order valence-corrected chi connectivity index (χ1v) is 4.47. The molecule has 0 radical (unpaired) electrons. The number of hydrogen-bond donors (Lipinski definition) is 0. The predicted molar refractivity (Wildman–Crippen MR) is 52.1 cm³/mol. The van der Waals surface area contributed by atoms with Crippen LogP contribution in [0.15, 0.2) is 24.3 Å². The lowest BCUT2D eigenvalue weighted by atomic mass is 9.83. The van der Waals surface area contributed by atoms with Crippen molar-refractivity contribution in [2.24, 2.45) is 5.92 Å². The topological polar surface area (TPSA) is 9.23 Å². The van der Waals surface area contributed by atoms with Crippen molar-refractivity contribution in [1.82, 2.24) is 0 Å². The first-order valence-electron chi connectivity index (χ1n) is 4.47. The highest BCUT2D eigenvalue weighted by atomic mass is 16.5. The summed E-state index contributed by atoms with van der Waals surface area (Å²) in [4.78, 5) is 0. The van der Waals surface area contributed by atoms with Crippen LogP contribution in [0.1, 0.15) is 26.7 Å². The number of rotatable bonds is 2. The summed E-state index contributed by atoms with van der Waals surface area (Å²) >= 11 is 0. The molecule has 0 amide bonds. The number of hydrogen-bond acceptors (Lipinski definition) is 1. The smallest absolute Gasteiger partial charge is 0.0831 e. The van der Waals surface area contributed by atoms with Gasteiger partial charge in [-0.05, 0) is 32.6 Å². The fourth-order valence-corrected chi connectivity index (χ4v) is 1.52. The van der Waals surface area contributed by atoms with Gasteiger partial charge in [-0.1, -0.05) is 24.3 Å². The summed E-state index contributed by atoms with van der Waals surface area (Å²) in [5.74, 6) is 0.563. The average molecular weight is 166 g/mol. The summed E-state index contributed by atoms with van der Waals surface area (Å²) < 4.78 is 5.39. The molecule has 12 heavy (non-hydrogen) atoms. The molecular weight excluding hydrogens is 148 g/mol. The maximum Gasteiger partial charge on any atom is 0.0831 e. The minimum atomic E-state index is -0.0358. The van der Waals surface area contributed by atoms with Crippen LogP contribution in [0.4, 0.5) is 0 Å². The van der Waals surface area contributed by atoms with E-state index in [0.29, 0.717) is 5.92 Å². The molecule has 0 fully saturated rings. The Morgan fingerprint density at radius 3 is 2.67 bits per heavy atom. The predicted octanol–water partition coefficient (Wildman–Crippen LogP) is 2.93. The van der Waals surface area contributed by atoms with Crippen molar-refractivity contribution in [3.8, 4) is 0 Å². The van der Waals surface area contributed by atoms with Crippen LogP contribution in [0, 0.1) is 5.92 Å². The summed E-state index contributed by atoms with van der Waals surface area (Å²) in [6.07, 6.45) is 6.64. The van der Waals surface area contributed by atoms with Crippen molar-refractivity contribution >= 4 is 0 Å². The van der Waals surface area contributed by atoms with Crippen molar-refractivity contribution in [2.45, 2.75) is 32.3 Å². The fraction of sp³-hybridized carbons (Fsp3) is 0.636. The molecular formula is C11H18O. The third-order valence-corrected chi connectivity index (χ3v) is 2.73. The standard InChI is InChI=1S/C11H18O/c1-9(2)10-5-7-11(3,12-4)8-6-10/h5,7,10H,1,6,8H2,2-4H3/t10-,11?/m0/s1. The highest BCUT2D eigenvalue weighted by Crippen LogP contribution is 2.30. The van der Waals surface area contributed by atoms with Crippen molar-refractivity contribution in [3.63, 3.8) is 0 Å². The van der Waals surface area contributed by atoms with Crippen molar-refractivity contribution < 1.29 is 4.74 Å². The minimum Gasteiger partial charge on any atom is -0.374 e. The van der Waals surface area contributed by atoms with Gasteiger partial charge in [-0.15, -0.1) is 0 Å². The van der Waals surface area contributed by atoms with E-state index in [1.54, 1.807) is 7.11 Å². The van der Waals surface area contributed by atoms with Gasteiger partial charge in [0.1, 0.15) is 0 Å². The zero-order valence-corrected chi connectivity index (χ0v) is 8.26. The SMILES string of the molecule is C=C(C)[C@H]1C=CC(C)(OC)CC1. The van der Waals surface area contributed by atoms with E-state index in [4.69, 9.17) is 4.74 Å². The van der Waals surface area contributed by atoms with E-state index in [0.717, 1.165) is 12.8 Å². The van der Waals surface area contributed by atoms with Gasteiger partial charge in [0.25, 0.3) is 0 Å². The molecule has 0 aromatic carbocycles. The van der Waals surface area contributed by atoms with E-state index in [-0.39, 0.29) is 5.60 Å². The molecule has 0 N–H and O–H groups in total. The van der Waals surface area contributed by atoms with E-state index < -0.39 is 0 Å². The summed E-state index contributed by atoms with van der Waals surface area (Å²) in [5.41, 5.74) is 1.22. The number of allylic oxidation sites excluding steroid dienone is 2. The third-order valence-electron chi connectivity index (χ3n) is 2.73. The molecule has 1 aliphatic rings. The van der Waals surface area contributed by atoms with E-state index in [9.17, 15) is 0 Å². The Balaban J connectivity index is 2.64. The van der Waals surface area contributed by atoms with Crippen LogP contribution in [0.5, 0.6) is 0 Å². The van der Waals surface area contributed by atoms with Crippen LogP contribution in [-0.4, -0.2) is 12.7 Å². The summed E-state index contributed by atoms with van der Waals surface area (Å²) in [6, 6.07) is 0. The zero-order valence-electron chi connectivity index (χ0n) is 8.26. The molecule has 1 heteroatoms. The average Bonchev–Trinajstić information content (AvgIpc) is 2.05. The molecule has 0 saturated carbocycles. The summed E-state index contributed by atoms with van der Waals surface area (Å²) in [5, 5.41) is 0. The molecule has 0 heterocycles. The Labute approximate surface area is 75.1 Å². The van der Waals surface area contributed by atoms with Crippen molar-refractivity contribution in [2.75, 3.05) is 7.11 Å².